The molecule has 2 aliphatic rings. The molecule has 0 aromatic heterocycles. The Morgan fingerprint density at radius 3 is 2.89 bits per heavy atom. The van der Waals surface area contributed by atoms with Crippen LogP contribution in [0.25, 0.3) is 0 Å². The van der Waals surface area contributed by atoms with E-state index in [2.05, 4.69) is 5.32 Å². The molecule has 0 bridgehead atoms. The highest BCUT2D eigenvalue weighted by Gasteiger charge is 2.40. The van der Waals surface area contributed by atoms with Gasteiger partial charge in [0.2, 0.25) is 0 Å². The van der Waals surface area contributed by atoms with Crippen LogP contribution in [-0.4, -0.2) is 32.3 Å². The average molecular weight is 402 g/mol. The average Bonchev–Trinajstić information content (AvgIpc) is 2.86. The largest absolute Gasteiger partial charge is 0.493 e. The number of carbonyl (C=O) groups is 1. The number of ether oxygens (including phenoxy) is 3. The SMILES string of the molecule is CC(C)COC(=O)c1ccc2c(c1)NC[C@@]1(CCOc3cc(Cl)ccc31)CO2. The van der Waals surface area contributed by atoms with Crippen molar-refractivity contribution in [1.82, 2.24) is 0 Å². The van der Waals surface area contributed by atoms with Crippen LogP contribution in [0.2, 0.25) is 5.02 Å². The van der Waals surface area contributed by atoms with Crippen molar-refractivity contribution in [2.24, 2.45) is 5.92 Å². The van der Waals surface area contributed by atoms with Crippen LogP contribution in [-0.2, 0) is 10.2 Å². The lowest BCUT2D eigenvalue weighted by Gasteiger charge is -2.37. The maximum absolute atomic E-state index is 12.3. The minimum absolute atomic E-state index is 0.213. The van der Waals surface area contributed by atoms with E-state index in [-0.39, 0.29) is 11.4 Å². The van der Waals surface area contributed by atoms with Crippen molar-refractivity contribution in [2.45, 2.75) is 25.7 Å². The molecule has 0 fully saturated rings. The van der Waals surface area contributed by atoms with Crippen LogP contribution in [0.3, 0.4) is 0 Å². The molecule has 1 N–H and O–H groups in total. The fourth-order valence-corrected chi connectivity index (χ4v) is 3.82. The van der Waals surface area contributed by atoms with Gasteiger partial charge in [0.1, 0.15) is 11.5 Å². The van der Waals surface area contributed by atoms with Crippen LogP contribution in [0.5, 0.6) is 11.5 Å². The second-order valence-corrected chi connectivity index (χ2v) is 8.30. The van der Waals surface area contributed by atoms with Gasteiger partial charge >= 0.3 is 5.97 Å². The van der Waals surface area contributed by atoms with Crippen molar-refractivity contribution in [1.29, 1.82) is 0 Å². The van der Waals surface area contributed by atoms with E-state index in [1.54, 1.807) is 12.1 Å². The van der Waals surface area contributed by atoms with Gasteiger partial charge in [0.05, 0.1) is 36.5 Å². The van der Waals surface area contributed by atoms with Crippen LogP contribution in [0.15, 0.2) is 36.4 Å². The molecule has 2 heterocycles. The molecule has 148 valence electrons. The van der Waals surface area contributed by atoms with E-state index in [4.69, 9.17) is 25.8 Å². The van der Waals surface area contributed by atoms with Crippen LogP contribution in [0, 0.1) is 5.92 Å². The maximum atomic E-state index is 12.3. The molecule has 2 aromatic rings. The predicted molar refractivity (Wildman–Crippen MR) is 109 cm³/mol. The molecule has 0 unspecified atom stereocenters. The van der Waals surface area contributed by atoms with Crippen LogP contribution in [0.4, 0.5) is 5.69 Å². The smallest absolute Gasteiger partial charge is 0.338 e. The molecular formula is C22H24ClNO4. The Bertz CT molecular complexity index is 898. The second kappa shape index (κ2) is 7.55. The molecular weight excluding hydrogens is 378 g/mol. The number of esters is 1. The number of halogens is 1. The summed E-state index contributed by atoms with van der Waals surface area (Å²) >= 11 is 6.13. The molecule has 2 aliphatic heterocycles. The van der Waals surface area contributed by atoms with E-state index in [9.17, 15) is 4.79 Å². The third kappa shape index (κ3) is 3.63. The molecule has 28 heavy (non-hydrogen) atoms. The van der Waals surface area contributed by atoms with Gasteiger partial charge in [0.15, 0.2) is 0 Å². The Kier molecular flexibility index (Phi) is 5.11. The molecule has 5 nitrogen and oxygen atoms in total. The van der Waals surface area contributed by atoms with Gasteiger partial charge < -0.3 is 19.5 Å². The zero-order valence-electron chi connectivity index (χ0n) is 16.1. The zero-order chi connectivity index (χ0) is 19.7. The summed E-state index contributed by atoms with van der Waals surface area (Å²) in [5.74, 6) is 1.53. The van der Waals surface area contributed by atoms with E-state index in [0.717, 1.165) is 29.2 Å². The zero-order valence-corrected chi connectivity index (χ0v) is 16.8. The van der Waals surface area contributed by atoms with Crippen LogP contribution in [0.1, 0.15) is 36.2 Å². The van der Waals surface area contributed by atoms with Crippen molar-refractivity contribution in [3.63, 3.8) is 0 Å². The third-order valence-electron chi connectivity index (χ3n) is 5.24. The number of hydrogen-bond acceptors (Lipinski definition) is 5. The van der Waals surface area contributed by atoms with Gasteiger partial charge in [-0.2, -0.15) is 0 Å². The Morgan fingerprint density at radius 1 is 1.21 bits per heavy atom. The molecule has 2 aromatic carbocycles. The Balaban J connectivity index is 1.57. The molecule has 6 heteroatoms. The Morgan fingerprint density at radius 2 is 2.07 bits per heavy atom. The summed E-state index contributed by atoms with van der Waals surface area (Å²) in [4.78, 5) is 12.3. The summed E-state index contributed by atoms with van der Waals surface area (Å²) in [6, 6.07) is 11.1. The summed E-state index contributed by atoms with van der Waals surface area (Å²) in [5, 5.41) is 4.14. The highest BCUT2D eigenvalue weighted by atomic mass is 35.5. The number of carbonyl (C=O) groups excluding carboxylic acids is 1. The molecule has 0 amide bonds. The molecule has 0 aliphatic carbocycles. The van der Waals surface area contributed by atoms with Gasteiger partial charge in [-0.05, 0) is 42.7 Å². The van der Waals surface area contributed by atoms with Gasteiger partial charge in [-0.3, -0.25) is 0 Å². The number of hydrogen-bond donors (Lipinski definition) is 1. The lowest BCUT2D eigenvalue weighted by molar-refractivity contribution is 0.0459. The van der Waals surface area contributed by atoms with Crippen molar-refractivity contribution >= 4 is 23.3 Å². The lowest BCUT2D eigenvalue weighted by Crippen LogP contribution is -2.43. The predicted octanol–water partition coefficient (Wildman–Crippen LogP) is 4.68. The normalized spacial score (nSPS) is 20.3. The molecule has 1 spiro atoms. The minimum Gasteiger partial charge on any atom is -0.493 e. The highest BCUT2D eigenvalue weighted by molar-refractivity contribution is 6.30. The quantitative estimate of drug-likeness (QED) is 0.757. The van der Waals surface area contributed by atoms with E-state index in [1.807, 2.05) is 38.1 Å². The molecule has 0 saturated heterocycles. The standard InChI is InChI=1S/C22H24ClNO4/c1-14(2)11-27-21(25)15-3-6-19-18(9-15)24-12-22(13-28-19)7-8-26-20-10-16(23)4-5-17(20)22/h3-6,9-10,14,24H,7-8,11-13H2,1-2H3/t22-/m0/s1. The first-order chi connectivity index (χ1) is 13.5. The first kappa shape index (κ1) is 18.9. The van der Waals surface area contributed by atoms with Crippen molar-refractivity contribution in [2.75, 3.05) is 31.7 Å². The number of nitrogens with one attached hydrogen (secondary N) is 1. The lowest BCUT2D eigenvalue weighted by atomic mass is 9.76. The van der Waals surface area contributed by atoms with Crippen molar-refractivity contribution < 1.29 is 19.0 Å². The highest BCUT2D eigenvalue weighted by Crippen LogP contribution is 2.43. The van der Waals surface area contributed by atoms with E-state index >= 15 is 0 Å². The van der Waals surface area contributed by atoms with Gasteiger partial charge in [-0.1, -0.05) is 31.5 Å². The minimum atomic E-state index is -0.316. The van der Waals surface area contributed by atoms with Gasteiger partial charge in [-0.25, -0.2) is 4.79 Å². The van der Waals surface area contributed by atoms with Gasteiger partial charge in [0.25, 0.3) is 0 Å². The number of anilines is 1. The summed E-state index contributed by atoms with van der Waals surface area (Å²) in [6.07, 6.45) is 0.839. The fourth-order valence-electron chi connectivity index (χ4n) is 3.66. The topological polar surface area (TPSA) is 56.8 Å². The van der Waals surface area contributed by atoms with Gasteiger partial charge in [0, 0.05) is 17.1 Å². The molecule has 0 saturated carbocycles. The van der Waals surface area contributed by atoms with Crippen LogP contribution >= 0.6 is 11.6 Å². The monoisotopic (exact) mass is 401 g/mol. The fraction of sp³-hybridized carbons (Fsp3) is 0.409. The van der Waals surface area contributed by atoms with E-state index < -0.39 is 0 Å². The maximum Gasteiger partial charge on any atom is 0.338 e. The first-order valence-corrected chi connectivity index (χ1v) is 9.95. The molecule has 4 rings (SSSR count). The van der Waals surface area contributed by atoms with Gasteiger partial charge in [-0.15, -0.1) is 0 Å². The number of rotatable bonds is 3. The number of benzene rings is 2. The summed E-state index contributed by atoms with van der Waals surface area (Å²) in [6.45, 7) is 6.25. The Labute approximate surface area is 169 Å². The van der Waals surface area contributed by atoms with Crippen LogP contribution < -0.4 is 14.8 Å². The number of fused-ring (bicyclic) bond motifs is 3. The summed E-state index contributed by atoms with van der Waals surface area (Å²) < 4.78 is 17.3. The summed E-state index contributed by atoms with van der Waals surface area (Å²) in [7, 11) is 0. The Hall–Kier alpha value is -2.40. The first-order valence-electron chi connectivity index (χ1n) is 9.57. The molecule has 0 radical (unpaired) electrons. The van der Waals surface area contributed by atoms with Crippen molar-refractivity contribution in [3.8, 4) is 11.5 Å². The second-order valence-electron chi connectivity index (χ2n) is 7.86. The third-order valence-corrected chi connectivity index (χ3v) is 5.47. The van der Waals surface area contributed by atoms with Crippen molar-refractivity contribution in [3.05, 3.63) is 52.5 Å². The summed E-state index contributed by atoms with van der Waals surface area (Å²) in [5.41, 5.74) is 2.21. The van der Waals surface area contributed by atoms with E-state index in [0.29, 0.717) is 42.9 Å². The molecule has 1 atom stereocenters. The van der Waals surface area contributed by atoms with E-state index in [1.165, 1.54) is 0 Å².